The fourth-order valence-electron chi connectivity index (χ4n) is 7.85. The van der Waals surface area contributed by atoms with E-state index in [4.69, 9.17) is 4.42 Å². The molecule has 0 spiro atoms. The van der Waals surface area contributed by atoms with E-state index in [2.05, 4.69) is 205 Å². The van der Waals surface area contributed by atoms with Crippen LogP contribution in [0.3, 0.4) is 0 Å². The number of anilines is 3. The molecular weight excluding hydrogens is 631 g/mol. The Morgan fingerprint density at radius 2 is 0.750 bits per heavy atom. The zero-order chi connectivity index (χ0) is 34.4. The Morgan fingerprint density at radius 1 is 0.308 bits per heavy atom. The Kier molecular flexibility index (Phi) is 7.18. The molecule has 244 valence electrons. The van der Waals surface area contributed by atoms with Crippen LogP contribution in [0.2, 0.25) is 0 Å². The maximum absolute atomic E-state index is 6.59. The first-order valence-electron chi connectivity index (χ1n) is 17.8. The van der Waals surface area contributed by atoms with E-state index in [0.29, 0.717) is 0 Å². The Bertz CT molecular complexity index is 2750. The summed E-state index contributed by atoms with van der Waals surface area (Å²) in [6.07, 6.45) is 0. The zero-order valence-corrected chi connectivity index (χ0v) is 28.4. The molecule has 0 amide bonds. The fraction of sp³-hybridized carbons (Fsp3) is 0. The minimum atomic E-state index is 0.862. The number of hydrogen-bond donors (Lipinski definition) is 0. The second-order valence-electron chi connectivity index (χ2n) is 13.3. The molecule has 0 radical (unpaired) electrons. The second kappa shape index (κ2) is 12.5. The highest BCUT2D eigenvalue weighted by Crippen LogP contribution is 2.46. The molecule has 0 saturated carbocycles. The summed E-state index contributed by atoms with van der Waals surface area (Å²) in [6, 6.07) is 71.6. The van der Waals surface area contributed by atoms with Gasteiger partial charge in [-0.1, -0.05) is 158 Å². The summed E-state index contributed by atoms with van der Waals surface area (Å²) in [4.78, 5) is 2.37. The molecule has 9 aromatic carbocycles. The van der Waals surface area contributed by atoms with Gasteiger partial charge < -0.3 is 9.32 Å². The van der Waals surface area contributed by atoms with Crippen LogP contribution in [-0.4, -0.2) is 0 Å². The Morgan fingerprint density at radius 3 is 1.35 bits per heavy atom. The van der Waals surface area contributed by atoms with Crippen molar-refractivity contribution in [2.24, 2.45) is 0 Å². The lowest BCUT2D eigenvalue weighted by molar-refractivity contribution is 0.669. The van der Waals surface area contributed by atoms with Gasteiger partial charge in [0.05, 0.1) is 11.1 Å². The van der Waals surface area contributed by atoms with E-state index >= 15 is 0 Å². The summed E-state index contributed by atoms with van der Waals surface area (Å²) in [5.74, 6) is 0. The van der Waals surface area contributed by atoms with Gasteiger partial charge in [-0.25, -0.2) is 0 Å². The number of benzene rings is 9. The van der Waals surface area contributed by atoms with Crippen molar-refractivity contribution in [2.45, 2.75) is 0 Å². The molecule has 1 aromatic heterocycles. The van der Waals surface area contributed by atoms with Gasteiger partial charge in [-0.05, 0) is 97.4 Å². The Balaban J connectivity index is 1.17. The highest BCUT2D eigenvalue weighted by molar-refractivity contribution is 6.18. The smallest absolute Gasteiger partial charge is 0.137 e. The molecule has 0 unspecified atom stereocenters. The molecule has 0 aliphatic carbocycles. The summed E-state index contributed by atoms with van der Waals surface area (Å²) < 4.78 is 6.59. The first-order chi connectivity index (χ1) is 25.8. The average molecular weight is 664 g/mol. The van der Waals surface area contributed by atoms with Crippen molar-refractivity contribution >= 4 is 60.5 Å². The molecule has 0 aliphatic rings. The summed E-state index contributed by atoms with van der Waals surface area (Å²) >= 11 is 0. The summed E-state index contributed by atoms with van der Waals surface area (Å²) in [6.45, 7) is 0. The predicted octanol–water partition coefficient (Wildman–Crippen LogP) is 14.4. The van der Waals surface area contributed by atoms with Crippen LogP contribution in [0, 0.1) is 0 Å². The van der Waals surface area contributed by atoms with Crippen molar-refractivity contribution in [3.8, 4) is 33.4 Å². The Labute approximate surface area is 302 Å². The van der Waals surface area contributed by atoms with Gasteiger partial charge in [0, 0.05) is 16.8 Å². The van der Waals surface area contributed by atoms with Crippen LogP contribution in [0.4, 0.5) is 17.1 Å². The monoisotopic (exact) mass is 663 g/mol. The van der Waals surface area contributed by atoms with E-state index in [1.165, 1.54) is 43.8 Å². The molecule has 52 heavy (non-hydrogen) atoms. The minimum absolute atomic E-state index is 0.862. The molecule has 0 saturated heterocycles. The molecule has 0 atom stereocenters. The molecule has 2 heteroatoms. The van der Waals surface area contributed by atoms with Crippen LogP contribution in [0.5, 0.6) is 0 Å². The minimum Gasteiger partial charge on any atom is -0.456 e. The van der Waals surface area contributed by atoms with Gasteiger partial charge in [0.15, 0.2) is 0 Å². The van der Waals surface area contributed by atoms with E-state index in [9.17, 15) is 0 Å². The van der Waals surface area contributed by atoms with Gasteiger partial charge in [0.2, 0.25) is 0 Å². The average Bonchev–Trinajstić information content (AvgIpc) is 3.61. The normalized spacial score (nSPS) is 11.5. The Hall–Kier alpha value is -6.90. The van der Waals surface area contributed by atoms with Crippen LogP contribution in [0.1, 0.15) is 0 Å². The standard InChI is InChI=1S/C50H33NO/c1-2-12-36(13-3-1)45-22-10-24-47-49(45)50-46(23-11-25-48(50)52-47)51(39-30-26-37(27-31-39)43-20-8-16-34-14-4-6-18-41(34)43)40-32-28-38(29-33-40)44-21-9-17-35-15-5-7-19-42(35)44/h1-33H. The molecule has 0 aliphatic heterocycles. The van der Waals surface area contributed by atoms with E-state index in [1.807, 2.05) is 0 Å². The summed E-state index contributed by atoms with van der Waals surface area (Å²) in [7, 11) is 0. The molecule has 2 nitrogen and oxygen atoms in total. The molecule has 0 N–H and O–H groups in total. The molecule has 10 aromatic rings. The van der Waals surface area contributed by atoms with Crippen molar-refractivity contribution < 1.29 is 4.42 Å². The fourth-order valence-corrected chi connectivity index (χ4v) is 7.85. The van der Waals surface area contributed by atoms with Gasteiger partial charge in [0.25, 0.3) is 0 Å². The molecule has 10 rings (SSSR count). The van der Waals surface area contributed by atoms with Crippen LogP contribution in [0.15, 0.2) is 205 Å². The number of nitrogens with zero attached hydrogens (tertiary/aromatic N) is 1. The maximum Gasteiger partial charge on any atom is 0.137 e. The third-order valence-electron chi connectivity index (χ3n) is 10.3. The van der Waals surface area contributed by atoms with Crippen molar-refractivity contribution in [3.05, 3.63) is 200 Å². The highest BCUT2D eigenvalue weighted by atomic mass is 16.3. The lowest BCUT2D eigenvalue weighted by Crippen LogP contribution is -2.10. The quantitative estimate of drug-likeness (QED) is 0.176. The molecule has 0 bridgehead atoms. The van der Waals surface area contributed by atoms with Crippen LogP contribution >= 0.6 is 0 Å². The van der Waals surface area contributed by atoms with E-state index in [0.717, 1.165) is 50.1 Å². The van der Waals surface area contributed by atoms with E-state index < -0.39 is 0 Å². The van der Waals surface area contributed by atoms with E-state index in [1.54, 1.807) is 0 Å². The lowest BCUT2D eigenvalue weighted by atomic mass is 9.96. The lowest BCUT2D eigenvalue weighted by Gasteiger charge is -2.27. The second-order valence-corrected chi connectivity index (χ2v) is 13.3. The van der Waals surface area contributed by atoms with Crippen molar-refractivity contribution in [1.29, 1.82) is 0 Å². The molecule has 1 heterocycles. The highest BCUT2D eigenvalue weighted by Gasteiger charge is 2.22. The third kappa shape index (κ3) is 5.04. The van der Waals surface area contributed by atoms with Crippen molar-refractivity contribution in [1.82, 2.24) is 0 Å². The van der Waals surface area contributed by atoms with E-state index in [-0.39, 0.29) is 0 Å². The number of fused-ring (bicyclic) bond motifs is 5. The number of hydrogen-bond acceptors (Lipinski definition) is 2. The van der Waals surface area contributed by atoms with Crippen LogP contribution in [-0.2, 0) is 0 Å². The first-order valence-corrected chi connectivity index (χ1v) is 17.8. The van der Waals surface area contributed by atoms with Gasteiger partial charge in [-0.15, -0.1) is 0 Å². The summed E-state index contributed by atoms with van der Waals surface area (Å²) in [5.41, 5.74) is 12.1. The zero-order valence-electron chi connectivity index (χ0n) is 28.4. The van der Waals surface area contributed by atoms with Crippen molar-refractivity contribution in [3.63, 3.8) is 0 Å². The van der Waals surface area contributed by atoms with Gasteiger partial charge >= 0.3 is 0 Å². The third-order valence-corrected chi connectivity index (χ3v) is 10.3. The maximum atomic E-state index is 6.59. The predicted molar refractivity (Wildman–Crippen MR) is 220 cm³/mol. The molecular formula is C50H33NO. The first kappa shape index (κ1) is 30.0. The largest absolute Gasteiger partial charge is 0.456 e. The van der Waals surface area contributed by atoms with Crippen LogP contribution in [0.25, 0.3) is 76.9 Å². The molecule has 0 fully saturated rings. The van der Waals surface area contributed by atoms with Gasteiger partial charge in [-0.2, -0.15) is 0 Å². The topological polar surface area (TPSA) is 16.4 Å². The van der Waals surface area contributed by atoms with Crippen LogP contribution < -0.4 is 4.90 Å². The van der Waals surface area contributed by atoms with Gasteiger partial charge in [-0.3, -0.25) is 0 Å². The van der Waals surface area contributed by atoms with Gasteiger partial charge in [0.1, 0.15) is 11.2 Å². The summed E-state index contributed by atoms with van der Waals surface area (Å²) in [5, 5.41) is 7.19. The van der Waals surface area contributed by atoms with Crippen molar-refractivity contribution in [2.75, 3.05) is 4.90 Å². The number of furan rings is 1. The number of rotatable bonds is 6. The SMILES string of the molecule is c1ccc(-c2cccc3oc4cccc(N(c5ccc(-c6cccc7ccccc67)cc5)c5ccc(-c6cccc7ccccc67)cc5)c4c23)cc1.